The van der Waals surface area contributed by atoms with E-state index in [1.165, 1.54) is 12.8 Å². The second kappa shape index (κ2) is 9.96. The number of nitriles is 1. The maximum absolute atomic E-state index is 9.02. The van der Waals surface area contributed by atoms with Crippen molar-refractivity contribution in [2.24, 2.45) is 0 Å². The Hall–Kier alpha value is -3.19. The van der Waals surface area contributed by atoms with E-state index in [0.717, 1.165) is 57.4 Å². The molecule has 0 unspecified atom stereocenters. The molecule has 0 amide bonds. The van der Waals surface area contributed by atoms with Gasteiger partial charge in [-0.25, -0.2) is 4.98 Å². The van der Waals surface area contributed by atoms with Crippen LogP contribution in [0.15, 0.2) is 41.8 Å². The molecule has 1 saturated carbocycles. The summed E-state index contributed by atoms with van der Waals surface area (Å²) in [5.74, 6) is 0.492. The zero-order valence-corrected chi connectivity index (χ0v) is 19.0. The van der Waals surface area contributed by atoms with Gasteiger partial charge in [0.2, 0.25) is 0 Å². The van der Waals surface area contributed by atoms with Gasteiger partial charge in [-0.1, -0.05) is 11.3 Å². The van der Waals surface area contributed by atoms with Crippen LogP contribution in [0.25, 0.3) is 16.3 Å². The highest BCUT2D eigenvalue weighted by Crippen LogP contribution is 2.38. The average molecular weight is 448 g/mol. The van der Waals surface area contributed by atoms with Crippen LogP contribution in [0, 0.1) is 16.7 Å². The van der Waals surface area contributed by atoms with Gasteiger partial charge in [0.05, 0.1) is 11.1 Å². The summed E-state index contributed by atoms with van der Waals surface area (Å²) in [6.07, 6.45) is 13.1. The number of rotatable bonds is 7. The summed E-state index contributed by atoms with van der Waals surface area (Å²) in [4.78, 5) is 4.67. The van der Waals surface area contributed by atoms with Gasteiger partial charge < -0.3 is 16.0 Å². The first-order valence-corrected chi connectivity index (χ1v) is 11.5. The highest BCUT2D eigenvalue weighted by molar-refractivity contribution is 7.14. The maximum Gasteiger partial charge on any atom is 0.160 e. The maximum atomic E-state index is 9.02. The minimum Gasteiger partial charge on any atom is -0.387 e. The Labute approximate surface area is 191 Å². The number of nitrogens with two attached hydrogens (primary N) is 1. The van der Waals surface area contributed by atoms with Crippen LogP contribution >= 0.6 is 11.3 Å². The number of nitrogens with zero attached hydrogens (tertiary/aromatic N) is 4. The summed E-state index contributed by atoms with van der Waals surface area (Å²) < 4.78 is 0. The SMILES string of the molecule is CNc1cc(C2=CC=C(/C=C(/C#N)C=N)[NH2+]2)ncc1-c1nnc(C2CCC(NC)CC2)s1. The van der Waals surface area contributed by atoms with Crippen molar-refractivity contribution in [1.29, 1.82) is 10.7 Å². The zero-order valence-electron chi connectivity index (χ0n) is 18.2. The van der Waals surface area contributed by atoms with E-state index in [2.05, 4.69) is 25.8 Å². The second-order valence-corrected chi connectivity index (χ2v) is 8.95. The quantitative estimate of drug-likeness (QED) is 0.382. The molecule has 5 N–H and O–H groups in total. The van der Waals surface area contributed by atoms with E-state index in [1.54, 1.807) is 17.4 Å². The fourth-order valence-corrected chi connectivity index (χ4v) is 5.16. The Bertz CT molecular complexity index is 1130. The molecule has 2 aromatic heterocycles. The van der Waals surface area contributed by atoms with E-state index in [0.29, 0.717) is 17.5 Å². The van der Waals surface area contributed by atoms with Gasteiger partial charge in [0, 0.05) is 55.3 Å². The molecule has 164 valence electrons. The van der Waals surface area contributed by atoms with Crippen LogP contribution in [0.1, 0.15) is 42.3 Å². The van der Waals surface area contributed by atoms with E-state index >= 15 is 0 Å². The second-order valence-electron chi connectivity index (χ2n) is 7.94. The monoisotopic (exact) mass is 447 g/mol. The van der Waals surface area contributed by atoms with Gasteiger partial charge in [-0.15, -0.1) is 10.2 Å². The molecule has 0 radical (unpaired) electrons. The Morgan fingerprint density at radius 1 is 1.25 bits per heavy atom. The molecule has 9 heteroatoms. The van der Waals surface area contributed by atoms with Gasteiger partial charge in [-0.2, -0.15) is 5.26 Å². The van der Waals surface area contributed by atoms with Crippen molar-refractivity contribution in [3.63, 3.8) is 0 Å². The van der Waals surface area contributed by atoms with E-state index in [9.17, 15) is 0 Å². The first-order chi connectivity index (χ1) is 15.6. The molecule has 3 heterocycles. The van der Waals surface area contributed by atoms with Gasteiger partial charge >= 0.3 is 0 Å². The molecular weight excluding hydrogens is 420 g/mol. The normalized spacial score (nSPS) is 21.0. The number of pyridine rings is 1. The number of allylic oxidation sites excluding steroid dienone is 4. The third kappa shape index (κ3) is 4.67. The van der Waals surface area contributed by atoms with Crippen molar-refractivity contribution in [3.05, 3.63) is 52.5 Å². The van der Waals surface area contributed by atoms with Gasteiger partial charge in [0.1, 0.15) is 22.5 Å². The van der Waals surface area contributed by atoms with Crippen molar-refractivity contribution in [1.82, 2.24) is 20.5 Å². The molecule has 0 bridgehead atoms. The lowest BCUT2D eigenvalue weighted by Crippen LogP contribution is -2.77. The number of aromatic nitrogens is 3. The van der Waals surface area contributed by atoms with Crippen LogP contribution in [-0.4, -0.2) is 41.5 Å². The Balaban J connectivity index is 1.50. The van der Waals surface area contributed by atoms with Gasteiger partial charge in [-0.3, -0.25) is 5.32 Å². The van der Waals surface area contributed by atoms with E-state index in [1.807, 2.05) is 49.9 Å². The Morgan fingerprint density at radius 3 is 2.75 bits per heavy atom. The predicted octanol–water partition coefficient (Wildman–Crippen LogP) is 2.79. The number of anilines is 1. The van der Waals surface area contributed by atoms with Crippen molar-refractivity contribution in [3.8, 4) is 16.6 Å². The smallest absolute Gasteiger partial charge is 0.160 e. The first-order valence-electron chi connectivity index (χ1n) is 10.7. The molecule has 1 fully saturated rings. The van der Waals surface area contributed by atoms with Crippen LogP contribution in [0.2, 0.25) is 0 Å². The van der Waals surface area contributed by atoms with E-state index in [4.69, 9.17) is 10.7 Å². The lowest BCUT2D eigenvalue weighted by atomic mass is 9.86. The molecular formula is C23H27N8S+. The van der Waals surface area contributed by atoms with E-state index < -0.39 is 0 Å². The standard InChI is InChI=1S/C23H26N8S/c1-26-16-5-3-15(4-6-16)22-30-31-23(32-22)18-13-28-21(10-20(18)27-2)19-8-7-17(29-19)9-14(11-24)12-25/h7-11,13,15-16,24,26,29H,3-6H2,1-2H3,(H,27,28)/p+1/b14-9+,24-11?. The summed E-state index contributed by atoms with van der Waals surface area (Å²) in [6, 6.07) is 4.63. The number of hydrogen-bond donors (Lipinski definition) is 4. The highest BCUT2D eigenvalue weighted by Gasteiger charge is 2.25. The topological polar surface area (TPSA) is 127 Å². The van der Waals surface area contributed by atoms with Gasteiger partial charge in [0.25, 0.3) is 0 Å². The highest BCUT2D eigenvalue weighted by atomic mass is 32.1. The van der Waals surface area contributed by atoms with Gasteiger partial charge in [-0.05, 0) is 38.8 Å². The molecule has 0 spiro atoms. The van der Waals surface area contributed by atoms with Crippen molar-refractivity contribution in [2.45, 2.75) is 37.6 Å². The molecule has 8 nitrogen and oxygen atoms in total. The lowest BCUT2D eigenvalue weighted by molar-refractivity contribution is -0.499. The molecule has 0 aromatic carbocycles. The van der Waals surface area contributed by atoms with Crippen LogP contribution in [0.5, 0.6) is 0 Å². The molecule has 1 aliphatic carbocycles. The minimum atomic E-state index is 0.313. The van der Waals surface area contributed by atoms with Crippen LogP contribution in [0.4, 0.5) is 5.69 Å². The van der Waals surface area contributed by atoms with Crippen molar-refractivity contribution in [2.75, 3.05) is 19.4 Å². The fourth-order valence-electron chi connectivity index (χ4n) is 4.12. The summed E-state index contributed by atoms with van der Waals surface area (Å²) in [5, 5.41) is 35.9. The average Bonchev–Trinajstić information content (AvgIpc) is 3.52. The van der Waals surface area contributed by atoms with Crippen molar-refractivity contribution >= 4 is 28.9 Å². The van der Waals surface area contributed by atoms with Gasteiger partial charge in [0.15, 0.2) is 10.7 Å². The molecule has 4 rings (SSSR count). The Morgan fingerprint density at radius 2 is 2.06 bits per heavy atom. The fraction of sp³-hybridized carbons (Fsp3) is 0.348. The molecule has 2 aliphatic rings. The number of nitrogens with one attached hydrogen (secondary N) is 3. The summed E-state index contributed by atoms with van der Waals surface area (Å²) in [6.45, 7) is 0. The molecule has 32 heavy (non-hydrogen) atoms. The third-order valence-electron chi connectivity index (χ3n) is 6.01. The molecule has 1 aliphatic heterocycles. The van der Waals surface area contributed by atoms with Crippen LogP contribution < -0.4 is 16.0 Å². The molecule has 2 aromatic rings. The van der Waals surface area contributed by atoms with E-state index in [-0.39, 0.29) is 0 Å². The van der Waals surface area contributed by atoms with Crippen LogP contribution in [-0.2, 0) is 0 Å². The largest absolute Gasteiger partial charge is 0.387 e. The zero-order chi connectivity index (χ0) is 22.5. The Kier molecular flexibility index (Phi) is 6.85. The number of hydrogen-bond acceptors (Lipinski definition) is 8. The lowest BCUT2D eigenvalue weighted by Gasteiger charge is -2.26. The molecule has 0 atom stereocenters. The van der Waals surface area contributed by atoms with Crippen molar-refractivity contribution < 1.29 is 5.32 Å². The summed E-state index contributed by atoms with van der Waals surface area (Å²) in [7, 11) is 3.93. The molecule has 0 saturated heterocycles. The predicted molar refractivity (Wildman–Crippen MR) is 127 cm³/mol. The summed E-state index contributed by atoms with van der Waals surface area (Å²) in [5.41, 5.74) is 4.88. The van der Waals surface area contributed by atoms with Crippen LogP contribution in [0.3, 0.4) is 0 Å². The number of quaternary nitrogens is 1. The summed E-state index contributed by atoms with van der Waals surface area (Å²) >= 11 is 1.67. The first kappa shape index (κ1) is 22.0. The minimum absolute atomic E-state index is 0.313. The third-order valence-corrected chi connectivity index (χ3v) is 7.13.